The van der Waals surface area contributed by atoms with Gasteiger partial charge in [0, 0.05) is 9.65 Å². The molecule has 2 saturated carbocycles. The minimum atomic E-state index is -4.52. The molecular weight excluding hydrogens is 455 g/mol. The van der Waals surface area contributed by atoms with E-state index in [9.17, 15) is 22.8 Å². The van der Waals surface area contributed by atoms with Crippen molar-refractivity contribution < 1.29 is 22.8 Å². The van der Waals surface area contributed by atoms with Crippen LogP contribution in [0.4, 0.5) is 18.9 Å². The highest BCUT2D eigenvalue weighted by molar-refractivity contribution is 9.12. The Hall–Kier alpha value is -0.890. The van der Waals surface area contributed by atoms with Crippen molar-refractivity contribution >= 4 is 49.4 Å². The number of carbonyl (C=O) groups is 2. The molecule has 3 aliphatic rings. The third-order valence-corrected chi connectivity index (χ3v) is 8.63. The lowest BCUT2D eigenvalue weighted by Gasteiger charge is -2.28. The maximum absolute atomic E-state index is 12.9. The molecule has 24 heavy (non-hydrogen) atoms. The zero-order valence-corrected chi connectivity index (χ0v) is 15.3. The van der Waals surface area contributed by atoms with Gasteiger partial charge in [-0.1, -0.05) is 37.9 Å². The molecule has 3 nitrogen and oxygen atoms in total. The highest BCUT2D eigenvalue weighted by Crippen LogP contribution is 2.60. The van der Waals surface area contributed by atoms with Crippen molar-refractivity contribution in [3.05, 3.63) is 29.8 Å². The molecule has 1 aromatic carbocycles. The van der Waals surface area contributed by atoms with E-state index in [1.54, 1.807) is 0 Å². The van der Waals surface area contributed by atoms with Crippen molar-refractivity contribution in [2.24, 2.45) is 23.7 Å². The van der Waals surface area contributed by atoms with Crippen molar-refractivity contribution in [1.82, 2.24) is 0 Å². The molecule has 4 rings (SSSR count). The minimum absolute atomic E-state index is 0.00544. The Balaban J connectivity index is 1.72. The number of hydrogen-bond acceptors (Lipinski definition) is 2. The highest BCUT2D eigenvalue weighted by Gasteiger charge is 2.66. The van der Waals surface area contributed by atoms with Crippen molar-refractivity contribution in [2.75, 3.05) is 4.90 Å². The maximum atomic E-state index is 12.9. The predicted molar refractivity (Wildman–Crippen MR) is 87.9 cm³/mol. The van der Waals surface area contributed by atoms with Gasteiger partial charge in [0.25, 0.3) is 0 Å². The van der Waals surface area contributed by atoms with E-state index in [0.717, 1.165) is 23.5 Å². The lowest BCUT2D eigenvalue weighted by molar-refractivity contribution is -0.137. The lowest BCUT2D eigenvalue weighted by atomic mass is 9.81. The Morgan fingerprint density at radius 1 is 1.00 bits per heavy atom. The molecule has 2 bridgehead atoms. The summed E-state index contributed by atoms with van der Waals surface area (Å²) in [7, 11) is 0. The Bertz CT molecular complexity index is 706. The van der Waals surface area contributed by atoms with Crippen LogP contribution in [-0.2, 0) is 15.8 Å². The summed E-state index contributed by atoms with van der Waals surface area (Å²) in [4.78, 5) is 26.7. The quantitative estimate of drug-likeness (QED) is 0.463. The zero-order chi connectivity index (χ0) is 17.4. The monoisotopic (exact) mass is 465 g/mol. The molecule has 6 atom stereocenters. The van der Waals surface area contributed by atoms with Crippen LogP contribution in [0.25, 0.3) is 0 Å². The van der Waals surface area contributed by atoms with Gasteiger partial charge in [-0.05, 0) is 36.5 Å². The molecule has 2 aliphatic carbocycles. The van der Waals surface area contributed by atoms with Crippen LogP contribution in [0.3, 0.4) is 0 Å². The van der Waals surface area contributed by atoms with Crippen LogP contribution >= 0.6 is 31.9 Å². The summed E-state index contributed by atoms with van der Waals surface area (Å²) in [6.45, 7) is 0. The number of amides is 2. The molecule has 0 aromatic heterocycles. The van der Waals surface area contributed by atoms with Crippen molar-refractivity contribution in [3.8, 4) is 0 Å². The van der Waals surface area contributed by atoms with E-state index in [-0.39, 0.29) is 39.0 Å². The van der Waals surface area contributed by atoms with Crippen LogP contribution in [0.1, 0.15) is 12.0 Å². The van der Waals surface area contributed by atoms with Gasteiger partial charge in [-0.2, -0.15) is 13.2 Å². The Labute approximate surface area is 152 Å². The second-order valence-corrected chi connectivity index (χ2v) is 8.68. The van der Waals surface area contributed by atoms with E-state index < -0.39 is 23.6 Å². The molecule has 128 valence electrons. The number of anilines is 1. The smallest absolute Gasteiger partial charge is 0.274 e. The van der Waals surface area contributed by atoms with Gasteiger partial charge >= 0.3 is 6.18 Å². The van der Waals surface area contributed by atoms with Gasteiger partial charge in [-0.25, -0.2) is 0 Å². The first kappa shape index (κ1) is 16.6. The number of hydrogen-bond donors (Lipinski definition) is 0. The number of benzene rings is 1. The first-order valence-electron chi connectivity index (χ1n) is 7.55. The van der Waals surface area contributed by atoms with Gasteiger partial charge < -0.3 is 0 Å². The summed E-state index contributed by atoms with van der Waals surface area (Å²) < 4.78 is 38.7. The van der Waals surface area contributed by atoms with Crippen LogP contribution in [0, 0.1) is 23.7 Å². The molecular formula is C16H12Br2F3NO2. The van der Waals surface area contributed by atoms with E-state index in [4.69, 9.17) is 0 Å². The van der Waals surface area contributed by atoms with Crippen LogP contribution in [0.15, 0.2) is 24.3 Å². The molecule has 3 fully saturated rings. The standard InChI is InChI=1S/C16H12Br2F3NO2/c17-12-8-5-9(13(12)18)11-10(8)14(23)22(15(11)24)7-3-1-2-6(4-7)16(19,20)21/h1-4,8-13H,5H2/t8-,9+,10+,11-,12+,13-. The number of halogens is 5. The largest absolute Gasteiger partial charge is 0.416 e. The van der Waals surface area contributed by atoms with Crippen molar-refractivity contribution in [3.63, 3.8) is 0 Å². The van der Waals surface area contributed by atoms with E-state index in [0.29, 0.717) is 0 Å². The van der Waals surface area contributed by atoms with Crippen molar-refractivity contribution in [1.29, 1.82) is 0 Å². The first-order chi connectivity index (χ1) is 11.2. The molecule has 0 radical (unpaired) electrons. The summed E-state index contributed by atoms with van der Waals surface area (Å²) >= 11 is 7.16. The number of fused-ring (bicyclic) bond motifs is 5. The summed E-state index contributed by atoms with van der Waals surface area (Å²) in [6.07, 6.45) is -3.73. The molecule has 8 heteroatoms. The molecule has 0 spiro atoms. The number of rotatable bonds is 1. The van der Waals surface area contributed by atoms with Gasteiger partial charge in [-0.3, -0.25) is 14.5 Å². The SMILES string of the molecule is O=C1[C@@H]2[C@@H]3C[C@@H]([C@H](Br)[C@@H]3Br)[C@@H]2C(=O)N1c1cccc(C(F)(F)F)c1. The summed E-state index contributed by atoms with van der Waals surface area (Å²) in [5.41, 5.74) is -0.858. The predicted octanol–water partition coefficient (Wildman–Crippen LogP) is 3.99. The lowest BCUT2D eigenvalue weighted by Crippen LogP contribution is -2.37. The molecule has 1 aliphatic heterocycles. The fourth-order valence-corrected chi connectivity index (χ4v) is 6.30. The van der Waals surface area contributed by atoms with Gasteiger partial charge in [0.05, 0.1) is 23.1 Å². The van der Waals surface area contributed by atoms with Gasteiger partial charge in [0.15, 0.2) is 0 Å². The minimum Gasteiger partial charge on any atom is -0.274 e. The molecule has 0 unspecified atom stereocenters. The average Bonchev–Trinajstić information content (AvgIpc) is 3.12. The van der Waals surface area contributed by atoms with E-state index >= 15 is 0 Å². The maximum Gasteiger partial charge on any atom is 0.416 e. The van der Waals surface area contributed by atoms with E-state index in [1.165, 1.54) is 12.1 Å². The highest BCUT2D eigenvalue weighted by atomic mass is 79.9. The molecule has 0 N–H and O–H groups in total. The van der Waals surface area contributed by atoms with Gasteiger partial charge in [0.1, 0.15) is 0 Å². The van der Waals surface area contributed by atoms with Crippen LogP contribution in [-0.4, -0.2) is 21.5 Å². The van der Waals surface area contributed by atoms with Crippen LogP contribution < -0.4 is 4.90 Å². The topological polar surface area (TPSA) is 37.4 Å². The van der Waals surface area contributed by atoms with Gasteiger partial charge in [-0.15, -0.1) is 0 Å². The number of carbonyl (C=O) groups excluding carboxylic acids is 2. The summed E-state index contributed by atoms with van der Waals surface area (Å²) in [5, 5.41) is 0. The van der Waals surface area contributed by atoms with Crippen molar-refractivity contribution in [2.45, 2.75) is 22.3 Å². The third-order valence-electron chi connectivity index (χ3n) is 5.42. The third kappa shape index (κ3) is 2.14. The fraction of sp³-hybridized carbons (Fsp3) is 0.500. The average molecular weight is 467 g/mol. The molecule has 1 heterocycles. The van der Waals surface area contributed by atoms with Crippen LogP contribution in [0.2, 0.25) is 0 Å². The normalized spacial score (nSPS) is 38.1. The Morgan fingerprint density at radius 3 is 2.04 bits per heavy atom. The molecule has 1 aromatic rings. The zero-order valence-electron chi connectivity index (χ0n) is 12.1. The number of nitrogens with zero attached hydrogens (tertiary/aromatic N) is 1. The Morgan fingerprint density at radius 2 is 1.54 bits per heavy atom. The van der Waals surface area contributed by atoms with Crippen LogP contribution in [0.5, 0.6) is 0 Å². The Kier molecular flexibility index (Phi) is 3.66. The van der Waals surface area contributed by atoms with E-state index in [1.807, 2.05) is 0 Å². The summed E-state index contributed by atoms with van der Waals surface area (Å²) in [6, 6.07) is 4.41. The fourth-order valence-electron chi connectivity index (χ4n) is 4.42. The first-order valence-corrected chi connectivity index (χ1v) is 9.38. The second-order valence-electron chi connectivity index (χ2n) is 6.56. The molecule has 1 saturated heterocycles. The second kappa shape index (κ2) is 5.30. The number of imide groups is 1. The molecule has 2 amide bonds. The van der Waals surface area contributed by atoms with Gasteiger partial charge in [0.2, 0.25) is 11.8 Å². The number of alkyl halides is 5. The summed E-state index contributed by atoms with van der Waals surface area (Å²) in [5.74, 6) is -1.54. The van der Waals surface area contributed by atoms with E-state index in [2.05, 4.69) is 31.9 Å².